The first-order valence-electron chi connectivity index (χ1n) is 9.40. The zero-order valence-corrected chi connectivity index (χ0v) is 16.9. The Morgan fingerprint density at radius 3 is 2.65 bits per heavy atom. The van der Waals surface area contributed by atoms with Crippen molar-refractivity contribution in [3.05, 3.63) is 86.8 Å². The van der Waals surface area contributed by atoms with E-state index in [2.05, 4.69) is 15.6 Å². The van der Waals surface area contributed by atoms with Crippen LogP contribution in [0.25, 0.3) is 0 Å². The molecule has 2 N–H and O–H groups in total. The number of para-hydroxylation sites is 1. The summed E-state index contributed by atoms with van der Waals surface area (Å²) in [4.78, 5) is 28.8. The van der Waals surface area contributed by atoms with Crippen molar-refractivity contribution in [2.45, 2.75) is 13.0 Å². The van der Waals surface area contributed by atoms with Gasteiger partial charge in [-0.3, -0.25) is 10.1 Å². The number of carbonyl (C=O) groups is 1. The highest BCUT2D eigenvalue weighted by atomic mass is 35.5. The zero-order valence-electron chi connectivity index (χ0n) is 16.1. The van der Waals surface area contributed by atoms with E-state index in [1.165, 1.54) is 24.4 Å². The molecule has 0 fully saturated rings. The van der Waals surface area contributed by atoms with E-state index in [1.54, 1.807) is 18.2 Å². The summed E-state index contributed by atoms with van der Waals surface area (Å²) in [7, 11) is 0. The smallest absolute Gasteiger partial charge is 0.323 e. The Morgan fingerprint density at radius 1 is 1.16 bits per heavy atom. The maximum Gasteiger partial charge on any atom is 0.323 e. The summed E-state index contributed by atoms with van der Waals surface area (Å²) < 4.78 is 13.8. The Bertz CT molecular complexity index is 1170. The second-order valence-electron chi connectivity index (χ2n) is 6.93. The molecule has 0 saturated carbocycles. The van der Waals surface area contributed by atoms with Gasteiger partial charge in [-0.15, -0.1) is 0 Å². The van der Waals surface area contributed by atoms with Gasteiger partial charge in [-0.1, -0.05) is 35.9 Å². The third-order valence-corrected chi connectivity index (χ3v) is 5.23. The number of pyridine rings is 1. The molecule has 31 heavy (non-hydrogen) atoms. The Labute approximate surface area is 181 Å². The van der Waals surface area contributed by atoms with Gasteiger partial charge in [0.1, 0.15) is 17.8 Å². The lowest BCUT2D eigenvalue weighted by Crippen LogP contribution is -2.32. The zero-order chi connectivity index (χ0) is 22.0. The molecule has 1 aliphatic rings. The van der Waals surface area contributed by atoms with Gasteiger partial charge in [-0.25, -0.2) is 14.2 Å². The van der Waals surface area contributed by atoms with E-state index >= 15 is 0 Å². The number of nitrogens with zero attached hydrogens (tertiary/aromatic N) is 3. The maximum atomic E-state index is 13.8. The Hall–Kier alpha value is -3.72. The largest absolute Gasteiger partial charge is 0.351 e. The Morgan fingerprint density at radius 2 is 1.90 bits per heavy atom. The fourth-order valence-corrected chi connectivity index (χ4v) is 3.78. The minimum Gasteiger partial charge on any atom is -0.351 e. The van der Waals surface area contributed by atoms with Crippen LogP contribution in [0.5, 0.6) is 0 Å². The lowest BCUT2D eigenvalue weighted by Gasteiger charge is -2.31. The average molecular weight is 442 g/mol. The molecule has 1 aliphatic heterocycles. The van der Waals surface area contributed by atoms with Crippen LogP contribution in [0.2, 0.25) is 5.02 Å². The Kier molecular flexibility index (Phi) is 5.68. The quantitative estimate of drug-likeness (QED) is 0.439. The van der Waals surface area contributed by atoms with E-state index in [9.17, 15) is 19.3 Å². The van der Waals surface area contributed by atoms with Gasteiger partial charge in [0.2, 0.25) is 0 Å². The van der Waals surface area contributed by atoms with Crippen LogP contribution < -0.4 is 15.5 Å². The van der Waals surface area contributed by atoms with Crippen LogP contribution >= 0.6 is 11.6 Å². The molecule has 0 bridgehead atoms. The van der Waals surface area contributed by atoms with E-state index in [0.717, 1.165) is 11.1 Å². The van der Waals surface area contributed by atoms with Gasteiger partial charge in [0.05, 0.1) is 15.6 Å². The number of urea groups is 1. The van der Waals surface area contributed by atoms with Crippen LogP contribution in [0.4, 0.5) is 32.1 Å². The van der Waals surface area contributed by atoms with Crippen LogP contribution in [0.3, 0.4) is 0 Å². The number of nitrogens with one attached hydrogen (secondary N) is 2. The van der Waals surface area contributed by atoms with E-state index in [0.29, 0.717) is 31.0 Å². The van der Waals surface area contributed by atoms with Crippen LogP contribution in [-0.4, -0.2) is 22.5 Å². The monoisotopic (exact) mass is 441 g/mol. The summed E-state index contributed by atoms with van der Waals surface area (Å²) in [6.45, 7) is 1.04. The molecule has 2 amide bonds. The number of amides is 2. The predicted octanol–water partition coefficient (Wildman–Crippen LogP) is 4.99. The summed E-state index contributed by atoms with van der Waals surface area (Å²) in [5, 5.41) is 16.4. The van der Waals surface area contributed by atoms with Crippen molar-refractivity contribution in [3.63, 3.8) is 0 Å². The second-order valence-corrected chi connectivity index (χ2v) is 7.34. The van der Waals surface area contributed by atoms with Gasteiger partial charge in [0, 0.05) is 24.8 Å². The molecule has 1 aromatic heterocycles. The van der Waals surface area contributed by atoms with Gasteiger partial charge in [0.25, 0.3) is 5.69 Å². The van der Waals surface area contributed by atoms with Crippen LogP contribution in [0.1, 0.15) is 11.1 Å². The number of hydrogen-bond acceptors (Lipinski definition) is 5. The molecule has 2 heterocycles. The number of hydrogen-bond donors (Lipinski definition) is 2. The first-order valence-corrected chi connectivity index (χ1v) is 9.78. The minimum absolute atomic E-state index is 0.0925. The molecule has 0 saturated heterocycles. The summed E-state index contributed by atoms with van der Waals surface area (Å²) in [6.07, 6.45) is 1.78. The van der Waals surface area contributed by atoms with Gasteiger partial charge < -0.3 is 15.5 Å². The molecule has 0 atom stereocenters. The first-order chi connectivity index (χ1) is 14.9. The van der Waals surface area contributed by atoms with Gasteiger partial charge >= 0.3 is 6.03 Å². The lowest BCUT2D eigenvalue weighted by atomic mass is 9.97. The van der Waals surface area contributed by atoms with E-state index in [1.807, 2.05) is 17.0 Å². The summed E-state index contributed by atoms with van der Waals surface area (Å²) in [5.74, 6) is -0.0515. The fourth-order valence-electron chi connectivity index (χ4n) is 3.50. The molecule has 0 aliphatic carbocycles. The van der Waals surface area contributed by atoms with Crippen LogP contribution in [-0.2, 0) is 13.0 Å². The number of rotatable bonds is 4. The number of carbonyl (C=O) groups excluding carboxylic acids is 1. The highest BCUT2D eigenvalue weighted by molar-refractivity contribution is 6.33. The molecule has 0 unspecified atom stereocenters. The van der Waals surface area contributed by atoms with Crippen molar-refractivity contribution >= 4 is 40.5 Å². The van der Waals surface area contributed by atoms with Crippen LogP contribution in [0, 0.1) is 15.9 Å². The van der Waals surface area contributed by atoms with Crippen molar-refractivity contribution in [2.24, 2.45) is 0 Å². The van der Waals surface area contributed by atoms with Crippen molar-refractivity contribution in [1.29, 1.82) is 0 Å². The van der Waals surface area contributed by atoms with Crippen molar-refractivity contribution in [1.82, 2.24) is 4.98 Å². The third-order valence-electron chi connectivity index (χ3n) is 4.95. The molecule has 0 spiro atoms. The number of anilines is 3. The Balaban J connectivity index is 1.51. The summed E-state index contributed by atoms with van der Waals surface area (Å²) in [6, 6.07) is 12.2. The number of benzene rings is 2. The van der Waals surface area contributed by atoms with Gasteiger partial charge in [-0.2, -0.15) is 0 Å². The van der Waals surface area contributed by atoms with E-state index < -0.39 is 16.8 Å². The molecule has 3 aromatic rings. The topological polar surface area (TPSA) is 100 Å². The highest BCUT2D eigenvalue weighted by Crippen LogP contribution is 2.33. The number of fused-ring (bicyclic) bond motifs is 1. The van der Waals surface area contributed by atoms with E-state index in [-0.39, 0.29) is 16.4 Å². The molecule has 2 aromatic carbocycles. The molecule has 4 rings (SSSR count). The number of nitro groups is 1. The van der Waals surface area contributed by atoms with Crippen molar-refractivity contribution in [3.8, 4) is 0 Å². The predicted molar refractivity (Wildman–Crippen MR) is 116 cm³/mol. The van der Waals surface area contributed by atoms with Crippen LogP contribution in [0.15, 0.2) is 54.7 Å². The summed E-state index contributed by atoms with van der Waals surface area (Å²) >= 11 is 6.22. The van der Waals surface area contributed by atoms with Crippen molar-refractivity contribution in [2.75, 3.05) is 22.1 Å². The van der Waals surface area contributed by atoms with E-state index in [4.69, 9.17) is 11.6 Å². The number of halogens is 2. The van der Waals surface area contributed by atoms with Gasteiger partial charge in [0.15, 0.2) is 0 Å². The third kappa shape index (κ3) is 4.41. The fraction of sp³-hybridized carbons (Fsp3) is 0.143. The minimum atomic E-state index is -0.543. The molecule has 8 nitrogen and oxygen atoms in total. The number of aromatic nitrogens is 1. The SMILES string of the molecule is O=C(Nc1ccccc1F)Nc1cccc2c1CCN(c1ncc([N+](=O)[O-])cc1Cl)C2. The molecular formula is C21H17ClFN5O3. The first kappa shape index (κ1) is 20.5. The molecule has 0 radical (unpaired) electrons. The lowest BCUT2D eigenvalue weighted by molar-refractivity contribution is -0.385. The van der Waals surface area contributed by atoms with Crippen molar-refractivity contribution < 1.29 is 14.1 Å². The average Bonchev–Trinajstić information content (AvgIpc) is 2.75. The second kappa shape index (κ2) is 8.57. The normalized spacial score (nSPS) is 12.8. The molecule has 10 heteroatoms. The maximum absolute atomic E-state index is 13.8. The molecular weight excluding hydrogens is 425 g/mol. The summed E-state index contributed by atoms with van der Waals surface area (Å²) in [5.41, 5.74) is 2.48. The standard InChI is InChI=1S/C21H17ClFN5O3/c22-16-10-14(28(30)31)11-24-20(16)27-9-8-15-13(12-27)4-3-7-18(15)25-21(29)26-19-6-2-1-5-17(19)23/h1-7,10-11H,8-9,12H2,(H2,25,26,29). The molecule has 158 valence electrons. The highest BCUT2D eigenvalue weighted by Gasteiger charge is 2.23. The van der Waals surface area contributed by atoms with Gasteiger partial charge in [-0.05, 0) is 35.7 Å².